The van der Waals surface area contributed by atoms with Crippen LogP contribution in [0.3, 0.4) is 0 Å². The molecule has 1 aromatic heterocycles. The summed E-state index contributed by atoms with van der Waals surface area (Å²) in [7, 11) is 0. The summed E-state index contributed by atoms with van der Waals surface area (Å²) in [4.78, 5) is 5.64. The minimum atomic E-state index is 0.525. The smallest absolute Gasteiger partial charge is 0.0904 e. The van der Waals surface area contributed by atoms with Crippen LogP contribution in [0.1, 0.15) is 9.88 Å². The second-order valence-corrected chi connectivity index (χ2v) is 5.62. The van der Waals surface area contributed by atoms with Crippen molar-refractivity contribution in [1.82, 2.24) is 4.98 Å². The van der Waals surface area contributed by atoms with E-state index in [9.17, 15) is 0 Å². The molecule has 78 valence electrons. The predicted molar refractivity (Wildman–Crippen MR) is 69.5 cm³/mol. The average Bonchev–Trinajstić information content (AvgIpc) is 2.61. The standard InChI is InChI=1S/C11H9BrClNS/c1-7-14-11(10(6-13)15-7)8-2-4-9(12)5-3-8/h2-5H,6H2,1H3. The third-order valence-corrected chi connectivity index (χ3v) is 3.97. The van der Waals surface area contributed by atoms with Gasteiger partial charge >= 0.3 is 0 Å². The Labute approximate surface area is 106 Å². The van der Waals surface area contributed by atoms with Crippen LogP contribution in [0.25, 0.3) is 11.3 Å². The highest BCUT2D eigenvalue weighted by atomic mass is 79.9. The molecule has 0 unspecified atom stereocenters. The number of hydrogen-bond acceptors (Lipinski definition) is 2. The van der Waals surface area contributed by atoms with Gasteiger partial charge in [-0.3, -0.25) is 0 Å². The lowest BCUT2D eigenvalue weighted by Gasteiger charge is -1.99. The molecule has 0 bridgehead atoms. The molecule has 0 fully saturated rings. The molecule has 0 saturated heterocycles. The SMILES string of the molecule is Cc1nc(-c2ccc(Br)cc2)c(CCl)s1. The van der Waals surface area contributed by atoms with E-state index in [2.05, 4.69) is 33.0 Å². The van der Waals surface area contributed by atoms with Crippen molar-refractivity contribution >= 4 is 38.9 Å². The summed E-state index contributed by atoms with van der Waals surface area (Å²) < 4.78 is 1.07. The Balaban J connectivity index is 2.48. The van der Waals surface area contributed by atoms with Crippen LogP contribution in [0.15, 0.2) is 28.7 Å². The van der Waals surface area contributed by atoms with Gasteiger partial charge in [0.1, 0.15) is 0 Å². The fourth-order valence-corrected chi connectivity index (χ4v) is 2.76. The molecule has 2 rings (SSSR count). The van der Waals surface area contributed by atoms with Gasteiger partial charge in [0.05, 0.1) is 16.6 Å². The first kappa shape index (κ1) is 11.1. The Morgan fingerprint density at radius 2 is 2.00 bits per heavy atom. The van der Waals surface area contributed by atoms with Crippen LogP contribution < -0.4 is 0 Å². The first-order valence-corrected chi connectivity index (χ1v) is 6.63. The van der Waals surface area contributed by atoms with Gasteiger partial charge in [0, 0.05) is 14.9 Å². The van der Waals surface area contributed by atoms with Gasteiger partial charge in [-0.15, -0.1) is 22.9 Å². The van der Waals surface area contributed by atoms with E-state index in [0.717, 1.165) is 25.6 Å². The zero-order chi connectivity index (χ0) is 10.8. The van der Waals surface area contributed by atoms with Crippen molar-refractivity contribution in [2.75, 3.05) is 0 Å². The summed E-state index contributed by atoms with van der Waals surface area (Å²) in [5, 5.41) is 1.06. The number of benzene rings is 1. The van der Waals surface area contributed by atoms with Gasteiger partial charge in [-0.1, -0.05) is 28.1 Å². The fourth-order valence-electron chi connectivity index (χ4n) is 1.39. The summed E-state index contributed by atoms with van der Waals surface area (Å²) >= 11 is 11.0. The maximum Gasteiger partial charge on any atom is 0.0904 e. The molecule has 0 radical (unpaired) electrons. The van der Waals surface area contributed by atoms with Crippen molar-refractivity contribution in [3.63, 3.8) is 0 Å². The monoisotopic (exact) mass is 301 g/mol. The average molecular weight is 303 g/mol. The molecule has 0 aliphatic rings. The number of hydrogen-bond donors (Lipinski definition) is 0. The molecule has 0 N–H and O–H groups in total. The van der Waals surface area contributed by atoms with Gasteiger partial charge in [-0.25, -0.2) is 4.98 Å². The van der Waals surface area contributed by atoms with Crippen molar-refractivity contribution in [1.29, 1.82) is 0 Å². The van der Waals surface area contributed by atoms with Crippen molar-refractivity contribution in [3.05, 3.63) is 38.6 Å². The maximum atomic E-state index is 5.89. The lowest BCUT2D eigenvalue weighted by Crippen LogP contribution is -1.82. The summed E-state index contributed by atoms with van der Waals surface area (Å²) in [5.41, 5.74) is 2.14. The molecule has 0 amide bonds. The van der Waals surface area contributed by atoms with E-state index in [1.54, 1.807) is 11.3 Å². The van der Waals surface area contributed by atoms with E-state index < -0.39 is 0 Å². The first-order valence-electron chi connectivity index (χ1n) is 4.49. The van der Waals surface area contributed by atoms with E-state index >= 15 is 0 Å². The van der Waals surface area contributed by atoms with Crippen LogP contribution in [0, 0.1) is 6.92 Å². The summed E-state index contributed by atoms with van der Waals surface area (Å²) in [6.45, 7) is 2.00. The minimum absolute atomic E-state index is 0.525. The van der Waals surface area contributed by atoms with Crippen LogP contribution in [0.5, 0.6) is 0 Å². The zero-order valence-corrected chi connectivity index (χ0v) is 11.3. The van der Waals surface area contributed by atoms with E-state index in [4.69, 9.17) is 11.6 Å². The highest BCUT2D eigenvalue weighted by molar-refractivity contribution is 9.10. The second kappa shape index (κ2) is 4.64. The molecule has 1 nitrogen and oxygen atoms in total. The molecule has 0 atom stereocenters. The molecular weight excluding hydrogens is 294 g/mol. The zero-order valence-electron chi connectivity index (χ0n) is 8.13. The molecule has 0 spiro atoms. The molecular formula is C11H9BrClNS. The number of aryl methyl sites for hydroxylation is 1. The Hall–Kier alpha value is -0.380. The molecule has 2 aromatic rings. The molecule has 1 aromatic carbocycles. The Kier molecular flexibility index (Phi) is 3.44. The Morgan fingerprint density at radius 1 is 1.33 bits per heavy atom. The Bertz CT molecular complexity index is 464. The van der Waals surface area contributed by atoms with Gasteiger partial charge in [0.15, 0.2) is 0 Å². The van der Waals surface area contributed by atoms with E-state index in [1.165, 1.54) is 0 Å². The van der Waals surface area contributed by atoms with Crippen molar-refractivity contribution in [3.8, 4) is 11.3 Å². The van der Waals surface area contributed by atoms with Crippen molar-refractivity contribution < 1.29 is 0 Å². The van der Waals surface area contributed by atoms with E-state index in [0.29, 0.717) is 5.88 Å². The number of rotatable bonds is 2. The second-order valence-electron chi connectivity index (χ2n) is 3.15. The molecule has 0 aliphatic carbocycles. The summed E-state index contributed by atoms with van der Waals surface area (Å²) in [6.07, 6.45) is 0. The third-order valence-electron chi connectivity index (χ3n) is 2.04. The summed E-state index contributed by atoms with van der Waals surface area (Å²) in [5.74, 6) is 0.525. The van der Waals surface area contributed by atoms with E-state index in [-0.39, 0.29) is 0 Å². The quantitative estimate of drug-likeness (QED) is 0.738. The van der Waals surface area contributed by atoms with Crippen LogP contribution in [-0.4, -0.2) is 4.98 Å². The number of alkyl halides is 1. The third kappa shape index (κ3) is 2.41. The molecule has 0 aliphatic heterocycles. The number of halogens is 2. The normalized spacial score (nSPS) is 10.6. The molecule has 1 heterocycles. The molecule has 4 heteroatoms. The van der Waals surface area contributed by atoms with Gasteiger partial charge in [0.2, 0.25) is 0 Å². The minimum Gasteiger partial charge on any atom is -0.241 e. The van der Waals surface area contributed by atoms with Crippen LogP contribution >= 0.6 is 38.9 Å². The number of aromatic nitrogens is 1. The molecule has 15 heavy (non-hydrogen) atoms. The molecule has 0 saturated carbocycles. The van der Waals surface area contributed by atoms with Crippen molar-refractivity contribution in [2.45, 2.75) is 12.8 Å². The van der Waals surface area contributed by atoms with Crippen molar-refractivity contribution in [2.24, 2.45) is 0 Å². The topological polar surface area (TPSA) is 12.9 Å². The fraction of sp³-hybridized carbons (Fsp3) is 0.182. The van der Waals surface area contributed by atoms with Gasteiger partial charge in [0.25, 0.3) is 0 Å². The number of nitrogens with zero attached hydrogens (tertiary/aromatic N) is 1. The lowest BCUT2D eigenvalue weighted by molar-refractivity contribution is 1.28. The van der Waals surface area contributed by atoms with Gasteiger partial charge in [-0.2, -0.15) is 0 Å². The highest BCUT2D eigenvalue weighted by Crippen LogP contribution is 2.29. The largest absolute Gasteiger partial charge is 0.241 e. The Morgan fingerprint density at radius 3 is 2.60 bits per heavy atom. The van der Waals surface area contributed by atoms with Gasteiger partial charge in [-0.05, 0) is 19.1 Å². The maximum absolute atomic E-state index is 5.89. The van der Waals surface area contributed by atoms with E-state index in [1.807, 2.05) is 19.1 Å². The number of thiazole rings is 1. The van der Waals surface area contributed by atoms with Crippen LogP contribution in [-0.2, 0) is 5.88 Å². The van der Waals surface area contributed by atoms with Crippen LogP contribution in [0.2, 0.25) is 0 Å². The van der Waals surface area contributed by atoms with Gasteiger partial charge < -0.3 is 0 Å². The lowest BCUT2D eigenvalue weighted by atomic mass is 10.1. The van der Waals surface area contributed by atoms with Crippen LogP contribution in [0.4, 0.5) is 0 Å². The predicted octanol–water partition coefficient (Wildman–Crippen LogP) is 4.62. The summed E-state index contributed by atoms with van der Waals surface area (Å²) in [6, 6.07) is 8.13. The first-order chi connectivity index (χ1) is 7.20. The highest BCUT2D eigenvalue weighted by Gasteiger charge is 2.09.